The van der Waals surface area contributed by atoms with Crippen molar-refractivity contribution in [2.24, 2.45) is 7.05 Å². The summed E-state index contributed by atoms with van der Waals surface area (Å²) in [6, 6.07) is 16.6. The maximum atomic E-state index is 6.18. The highest BCUT2D eigenvalue weighted by Gasteiger charge is 2.16. The lowest BCUT2D eigenvalue weighted by atomic mass is 9.99. The molecule has 0 aliphatic heterocycles. The second-order valence-electron chi connectivity index (χ2n) is 7.47. The van der Waals surface area contributed by atoms with Gasteiger partial charge in [-0.1, -0.05) is 53.1 Å². The molecule has 4 aromatic rings. The summed E-state index contributed by atoms with van der Waals surface area (Å²) in [6.45, 7) is 6.26. The summed E-state index contributed by atoms with van der Waals surface area (Å²) in [4.78, 5) is 4.84. The molecule has 0 saturated heterocycles. The van der Waals surface area contributed by atoms with Gasteiger partial charge in [0.15, 0.2) is 0 Å². The van der Waals surface area contributed by atoms with Crippen LogP contribution in [0.15, 0.2) is 48.5 Å². The summed E-state index contributed by atoms with van der Waals surface area (Å²) in [5.41, 5.74) is 8.75. The lowest BCUT2D eigenvalue weighted by Crippen LogP contribution is -2.03. The van der Waals surface area contributed by atoms with E-state index in [0.29, 0.717) is 10.8 Å². The first-order valence-corrected chi connectivity index (χ1v) is 9.90. The first-order chi connectivity index (χ1) is 13.9. The molecule has 3 aromatic carbocycles. The molecule has 0 aliphatic rings. The molecule has 1 N–H and O–H groups in total. The summed E-state index contributed by atoms with van der Waals surface area (Å²) >= 11 is 6.18. The van der Waals surface area contributed by atoms with Crippen molar-refractivity contribution in [3.05, 3.63) is 70.2 Å². The van der Waals surface area contributed by atoms with Crippen LogP contribution >= 0.6 is 11.6 Å². The van der Waals surface area contributed by atoms with Gasteiger partial charge in [-0.2, -0.15) is 0 Å². The Morgan fingerprint density at radius 2 is 1.72 bits per heavy atom. The predicted molar refractivity (Wildman–Crippen MR) is 122 cm³/mol. The van der Waals surface area contributed by atoms with Crippen molar-refractivity contribution in [2.75, 3.05) is 12.4 Å². The first-order valence-electron chi connectivity index (χ1n) is 9.52. The molecular weight excluding hydrogens is 382 g/mol. The minimum absolute atomic E-state index is 0.645. The van der Waals surface area contributed by atoms with E-state index in [1.807, 2.05) is 26.1 Å². The Morgan fingerprint density at radius 3 is 2.41 bits per heavy atom. The summed E-state index contributed by atoms with van der Waals surface area (Å²) < 4.78 is 7.62. The summed E-state index contributed by atoms with van der Waals surface area (Å²) in [7, 11) is 3.67. The number of hydrogen-bond acceptors (Lipinski definition) is 3. The molecule has 0 fully saturated rings. The molecule has 0 aliphatic carbocycles. The molecular formula is C24H24ClN3O. The highest BCUT2D eigenvalue weighted by molar-refractivity contribution is 6.31. The number of methoxy groups -OCH3 is 1. The SMILES string of the molecule is COc1cc(Cl)cc(C)c1Nc1nc2cccc(-c3cc(C)cc(C)c3)c2n1C. The van der Waals surface area contributed by atoms with E-state index in [-0.39, 0.29) is 0 Å². The largest absolute Gasteiger partial charge is 0.495 e. The molecule has 0 unspecified atom stereocenters. The van der Waals surface area contributed by atoms with Crippen LogP contribution in [-0.2, 0) is 7.05 Å². The fourth-order valence-corrected chi connectivity index (χ4v) is 4.15. The van der Waals surface area contributed by atoms with Gasteiger partial charge in [-0.05, 0) is 44.0 Å². The van der Waals surface area contributed by atoms with Crippen LogP contribution in [0.1, 0.15) is 16.7 Å². The second-order valence-corrected chi connectivity index (χ2v) is 7.91. The number of rotatable bonds is 4. The number of fused-ring (bicyclic) bond motifs is 1. The maximum Gasteiger partial charge on any atom is 0.208 e. The Balaban J connectivity index is 1.86. The van der Waals surface area contributed by atoms with Crippen molar-refractivity contribution < 1.29 is 4.74 Å². The summed E-state index contributed by atoms with van der Waals surface area (Å²) in [5, 5.41) is 4.09. The van der Waals surface area contributed by atoms with Crippen molar-refractivity contribution in [3.63, 3.8) is 0 Å². The van der Waals surface area contributed by atoms with Gasteiger partial charge in [0, 0.05) is 23.7 Å². The van der Waals surface area contributed by atoms with Crippen LogP contribution in [-0.4, -0.2) is 16.7 Å². The highest BCUT2D eigenvalue weighted by Crippen LogP contribution is 2.36. The van der Waals surface area contributed by atoms with Gasteiger partial charge in [-0.3, -0.25) is 0 Å². The second kappa shape index (κ2) is 7.45. The standard InChI is InChI=1S/C24H24ClN3O/c1-14-9-15(2)11-17(10-14)19-7-6-8-20-23(19)28(4)24(26-20)27-22-16(3)12-18(25)13-21(22)29-5/h6-13H,1-5H3,(H,26,27). The number of para-hydroxylation sites is 1. The van der Waals surface area contributed by atoms with Gasteiger partial charge < -0.3 is 14.6 Å². The number of aromatic nitrogens is 2. The lowest BCUT2D eigenvalue weighted by Gasteiger charge is -2.14. The average molecular weight is 406 g/mol. The molecule has 0 atom stereocenters. The number of aryl methyl sites for hydroxylation is 4. The third-order valence-electron chi connectivity index (χ3n) is 5.15. The molecule has 0 bridgehead atoms. The first kappa shape index (κ1) is 19.3. The van der Waals surface area contributed by atoms with Gasteiger partial charge in [-0.15, -0.1) is 0 Å². The average Bonchev–Trinajstić information content (AvgIpc) is 2.98. The molecule has 4 rings (SSSR count). The molecule has 1 heterocycles. The van der Waals surface area contributed by atoms with Crippen molar-refractivity contribution in [2.45, 2.75) is 20.8 Å². The Hall–Kier alpha value is -2.98. The van der Waals surface area contributed by atoms with Gasteiger partial charge >= 0.3 is 0 Å². The van der Waals surface area contributed by atoms with Crippen LogP contribution in [0.4, 0.5) is 11.6 Å². The molecule has 29 heavy (non-hydrogen) atoms. The van der Waals surface area contributed by atoms with Crippen LogP contribution in [0, 0.1) is 20.8 Å². The van der Waals surface area contributed by atoms with E-state index in [9.17, 15) is 0 Å². The van der Waals surface area contributed by atoms with E-state index in [2.05, 4.69) is 54.1 Å². The van der Waals surface area contributed by atoms with E-state index < -0.39 is 0 Å². The highest BCUT2D eigenvalue weighted by atomic mass is 35.5. The Bertz CT molecular complexity index is 1210. The monoisotopic (exact) mass is 405 g/mol. The fraction of sp³-hybridized carbons (Fsp3) is 0.208. The molecule has 1 aromatic heterocycles. The molecule has 0 amide bonds. The van der Waals surface area contributed by atoms with Gasteiger partial charge in [-0.25, -0.2) is 4.98 Å². The number of ether oxygens (including phenoxy) is 1. The smallest absolute Gasteiger partial charge is 0.208 e. The quantitative estimate of drug-likeness (QED) is 0.417. The number of nitrogens with one attached hydrogen (secondary N) is 1. The number of halogens is 1. The van der Waals surface area contributed by atoms with Crippen LogP contribution in [0.25, 0.3) is 22.2 Å². The van der Waals surface area contributed by atoms with E-state index in [1.165, 1.54) is 16.7 Å². The van der Waals surface area contributed by atoms with E-state index >= 15 is 0 Å². The van der Waals surface area contributed by atoms with Crippen LogP contribution in [0.2, 0.25) is 5.02 Å². The zero-order valence-electron chi connectivity index (χ0n) is 17.3. The zero-order chi connectivity index (χ0) is 20.7. The fourth-order valence-electron chi connectivity index (χ4n) is 3.89. The Kier molecular flexibility index (Phi) is 4.97. The molecule has 0 spiro atoms. The van der Waals surface area contributed by atoms with Crippen LogP contribution in [0.5, 0.6) is 5.75 Å². The minimum Gasteiger partial charge on any atom is -0.495 e. The van der Waals surface area contributed by atoms with E-state index in [1.54, 1.807) is 13.2 Å². The predicted octanol–water partition coefficient (Wildman–Crippen LogP) is 6.57. The number of anilines is 2. The third-order valence-corrected chi connectivity index (χ3v) is 5.37. The maximum absolute atomic E-state index is 6.18. The molecule has 4 nitrogen and oxygen atoms in total. The zero-order valence-corrected chi connectivity index (χ0v) is 18.1. The number of hydrogen-bond donors (Lipinski definition) is 1. The normalized spacial score (nSPS) is 11.1. The molecule has 5 heteroatoms. The van der Waals surface area contributed by atoms with Gasteiger partial charge in [0.2, 0.25) is 5.95 Å². The van der Waals surface area contributed by atoms with Crippen molar-refractivity contribution in [1.29, 1.82) is 0 Å². The summed E-state index contributed by atoms with van der Waals surface area (Å²) in [6.07, 6.45) is 0. The molecule has 148 valence electrons. The van der Waals surface area contributed by atoms with E-state index in [0.717, 1.165) is 33.8 Å². The number of benzene rings is 3. The number of nitrogens with zero attached hydrogens (tertiary/aromatic N) is 2. The van der Waals surface area contributed by atoms with Gasteiger partial charge in [0.25, 0.3) is 0 Å². The third kappa shape index (κ3) is 3.56. The Morgan fingerprint density at radius 1 is 1.00 bits per heavy atom. The molecule has 0 radical (unpaired) electrons. The molecule has 0 saturated carbocycles. The van der Waals surface area contributed by atoms with Gasteiger partial charge in [0.1, 0.15) is 5.75 Å². The van der Waals surface area contributed by atoms with Crippen molar-refractivity contribution in [3.8, 4) is 16.9 Å². The van der Waals surface area contributed by atoms with Crippen molar-refractivity contribution in [1.82, 2.24) is 9.55 Å². The van der Waals surface area contributed by atoms with Crippen LogP contribution < -0.4 is 10.1 Å². The number of imidazole rings is 1. The summed E-state index contributed by atoms with van der Waals surface area (Å²) in [5.74, 6) is 1.44. The van der Waals surface area contributed by atoms with Gasteiger partial charge in [0.05, 0.1) is 23.8 Å². The van der Waals surface area contributed by atoms with E-state index in [4.69, 9.17) is 21.3 Å². The minimum atomic E-state index is 0.645. The Labute approximate surface area is 176 Å². The lowest BCUT2D eigenvalue weighted by molar-refractivity contribution is 0.416. The topological polar surface area (TPSA) is 39.1 Å². The van der Waals surface area contributed by atoms with Crippen LogP contribution in [0.3, 0.4) is 0 Å². The van der Waals surface area contributed by atoms with Crippen molar-refractivity contribution >= 4 is 34.3 Å².